The zero-order chi connectivity index (χ0) is 10.3. The highest BCUT2D eigenvalue weighted by Gasteiger charge is 2.27. The molecule has 0 unspecified atom stereocenters. The van der Waals surface area contributed by atoms with E-state index in [0.29, 0.717) is 6.61 Å². The molecule has 0 aliphatic carbocycles. The largest absolute Gasteiger partial charge is 0.454 e. The first-order valence-corrected chi connectivity index (χ1v) is 5.01. The number of rotatable bonds is 6. The molecule has 0 fully saturated rings. The summed E-state index contributed by atoms with van der Waals surface area (Å²) >= 11 is 0. The van der Waals surface area contributed by atoms with E-state index in [0.717, 1.165) is 0 Å². The summed E-state index contributed by atoms with van der Waals surface area (Å²) < 4.78 is 19.2. The summed E-state index contributed by atoms with van der Waals surface area (Å²) in [5.41, 5.74) is -1.53. The summed E-state index contributed by atoms with van der Waals surface area (Å²) in [6, 6.07) is 0. The van der Waals surface area contributed by atoms with E-state index in [1.807, 2.05) is 0 Å². The Kier molecular flexibility index (Phi) is 5.57. The van der Waals surface area contributed by atoms with E-state index in [-0.39, 0.29) is 13.2 Å². The van der Waals surface area contributed by atoms with E-state index < -0.39 is 13.3 Å². The molecule has 0 amide bonds. The smallest absolute Gasteiger partial charge is 0.433 e. The van der Waals surface area contributed by atoms with Crippen LogP contribution in [0.25, 0.3) is 0 Å². The van der Waals surface area contributed by atoms with Gasteiger partial charge in [0.1, 0.15) is 6.61 Å². The second-order valence-corrected chi connectivity index (χ2v) is 3.48. The normalized spacial score (nSPS) is 10.9. The standard InChI is InChI=1S/C6H11O6P/c1-2-3-11-4-5-12-6(7)13(8,9)10/h2H,1,3-5H2,(H2,8,9,10). The van der Waals surface area contributed by atoms with Crippen molar-refractivity contribution in [3.8, 4) is 0 Å². The molecule has 0 aliphatic rings. The predicted octanol–water partition coefficient (Wildman–Crippen LogP) is 0.503. The molecule has 0 radical (unpaired) electrons. The van der Waals surface area contributed by atoms with Gasteiger partial charge in [-0.2, -0.15) is 0 Å². The van der Waals surface area contributed by atoms with Crippen molar-refractivity contribution in [3.63, 3.8) is 0 Å². The van der Waals surface area contributed by atoms with Crippen molar-refractivity contribution in [1.82, 2.24) is 0 Å². The van der Waals surface area contributed by atoms with Crippen LogP contribution in [0.4, 0.5) is 4.79 Å². The van der Waals surface area contributed by atoms with Gasteiger partial charge in [-0.3, -0.25) is 0 Å². The van der Waals surface area contributed by atoms with Crippen molar-refractivity contribution in [2.45, 2.75) is 0 Å². The predicted molar refractivity (Wildman–Crippen MR) is 44.4 cm³/mol. The van der Waals surface area contributed by atoms with E-state index in [4.69, 9.17) is 14.5 Å². The lowest BCUT2D eigenvalue weighted by Crippen LogP contribution is -2.09. The van der Waals surface area contributed by atoms with E-state index in [1.54, 1.807) is 0 Å². The summed E-state index contributed by atoms with van der Waals surface area (Å²) in [6.45, 7) is 3.57. The maximum atomic E-state index is 10.4. The summed E-state index contributed by atoms with van der Waals surface area (Å²) in [7, 11) is -4.75. The maximum absolute atomic E-state index is 10.4. The minimum atomic E-state index is -4.75. The highest BCUT2D eigenvalue weighted by atomic mass is 31.2. The molecule has 0 aromatic heterocycles. The molecule has 0 rings (SSSR count). The third kappa shape index (κ3) is 6.48. The second-order valence-electron chi connectivity index (χ2n) is 2.02. The molecule has 0 spiro atoms. The van der Waals surface area contributed by atoms with Crippen LogP contribution in [0.1, 0.15) is 0 Å². The van der Waals surface area contributed by atoms with Crippen LogP contribution < -0.4 is 0 Å². The highest BCUT2D eigenvalue weighted by Crippen LogP contribution is 2.36. The molecule has 76 valence electrons. The topological polar surface area (TPSA) is 93.1 Å². The third-order valence-corrected chi connectivity index (χ3v) is 1.53. The summed E-state index contributed by atoms with van der Waals surface area (Å²) in [4.78, 5) is 27.0. The monoisotopic (exact) mass is 210 g/mol. The van der Waals surface area contributed by atoms with Gasteiger partial charge in [0.25, 0.3) is 0 Å². The van der Waals surface area contributed by atoms with E-state index in [2.05, 4.69) is 11.3 Å². The van der Waals surface area contributed by atoms with Gasteiger partial charge in [-0.15, -0.1) is 6.58 Å². The summed E-state index contributed by atoms with van der Waals surface area (Å²) in [5.74, 6) is 0. The van der Waals surface area contributed by atoms with Gasteiger partial charge in [-0.1, -0.05) is 6.08 Å². The van der Waals surface area contributed by atoms with Crippen molar-refractivity contribution in [1.29, 1.82) is 0 Å². The number of ether oxygens (including phenoxy) is 2. The maximum Gasteiger partial charge on any atom is 0.433 e. The fourth-order valence-corrected chi connectivity index (χ4v) is 0.698. The molecule has 2 N–H and O–H groups in total. The number of hydrogen-bond donors (Lipinski definition) is 2. The first-order valence-electron chi connectivity index (χ1n) is 3.40. The van der Waals surface area contributed by atoms with E-state index in [9.17, 15) is 9.36 Å². The van der Waals surface area contributed by atoms with Gasteiger partial charge in [0.2, 0.25) is 0 Å². The average molecular weight is 210 g/mol. The van der Waals surface area contributed by atoms with Gasteiger partial charge < -0.3 is 19.3 Å². The third-order valence-electron chi connectivity index (χ3n) is 0.927. The van der Waals surface area contributed by atoms with Gasteiger partial charge in [0.05, 0.1) is 13.2 Å². The van der Waals surface area contributed by atoms with Crippen LogP contribution in [-0.2, 0) is 14.0 Å². The molecule has 0 bridgehead atoms. The Morgan fingerprint density at radius 3 is 2.54 bits per heavy atom. The van der Waals surface area contributed by atoms with Crippen molar-refractivity contribution < 1.29 is 28.6 Å². The fraction of sp³-hybridized carbons (Fsp3) is 0.500. The van der Waals surface area contributed by atoms with Crippen LogP contribution in [0, 0.1) is 0 Å². The van der Waals surface area contributed by atoms with Crippen LogP contribution in [0.15, 0.2) is 12.7 Å². The minimum absolute atomic E-state index is 0.0811. The van der Waals surface area contributed by atoms with Gasteiger partial charge in [0.15, 0.2) is 0 Å². The Bertz CT molecular complexity index is 219. The van der Waals surface area contributed by atoms with Crippen molar-refractivity contribution in [3.05, 3.63) is 12.7 Å². The van der Waals surface area contributed by atoms with E-state index in [1.165, 1.54) is 6.08 Å². The lowest BCUT2D eigenvalue weighted by Gasteiger charge is -2.04. The second kappa shape index (κ2) is 5.88. The Labute approximate surface area is 75.3 Å². The average Bonchev–Trinajstić information content (AvgIpc) is 2.02. The lowest BCUT2D eigenvalue weighted by atomic mass is 10.7. The van der Waals surface area contributed by atoms with Crippen molar-refractivity contribution in [2.24, 2.45) is 0 Å². The SMILES string of the molecule is C=CCOCCOC(=O)P(=O)(O)O. The molecule has 0 saturated heterocycles. The first kappa shape index (κ1) is 12.3. The van der Waals surface area contributed by atoms with Gasteiger partial charge in [0, 0.05) is 0 Å². The zero-order valence-corrected chi connectivity index (χ0v) is 7.77. The van der Waals surface area contributed by atoms with Crippen LogP contribution in [0.2, 0.25) is 0 Å². The van der Waals surface area contributed by atoms with Gasteiger partial charge >= 0.3 is 13.3 Å². The van der Waals surface area contributed by atoms with Crippen LogP contribution in [0.5, 0.6) is 0 Å². The Hall–Kier alpha value is -0.680. The molecule has 0 atom stereocenters. The first-order chi connectivity index (χ1) is 5.98. The molecular formula is C6H11O6P. The molecule has 13 heavy (non-hydrogen) atoms. The van der Waals surface area contributed by atoms with Crippen LogP contribution in [-0.4, -0.2) is 35.3 Å². The minimum Gasteiger partial charge on any atom is -0.454 e. The van der Waals surface area contributed by atoms with Crippen molar-refractivity contribution in [2.75, 3.05) is 19.8 Å². The number of carbonyl (C=O) groups excluding carboxylic acids is 1. The number of hydrogen-bond acceptors (Lipinski definition) is 4. The number of carbonyl (C=O) groups is 1. The highest BCUT2D eigenvalue weighted by molar-refractivity contribution is 7.69. The van der Waals surface area contributed by atoms with Crippen LogP contribution >= 0.6 is 7.60 Å². The Morgan fingerprint density at radius 1 is 1.46 bits per heavy atom. The Morgan fingerprint density at radius 2 is 2.08 bits per heavy atom. The van der Waals surface area contributed by atoms with Gasteiger partial charge in [-0.25, -0.2) is 9.36 Å². The molecule has 0 aromatic carbocycles. The Balaban J connectivity index is 3.49. The zero-order valence-electron chi connectivity index (χ0n) is 6.88. The molecule has 0 aromatic rings. The molecule has 6 nitrogen and oxygen atoms in total. The summed E-state index contributed by atoms with van der Waals surface area (Å²) in [6.07, 6.45) is 1.50. The van der Waals surface area contributed by atoms with Crippen molar-refractivity contribution >= 4 is 13.3 Å². The van der Waals surface area contributed by atoms with E-state index >= 15 is 0 Å². The summed E-state index contributed by atoms with van der Waals surface area (Å²) in [5, 5.41) is 0. The molecule has 0 saturated carbocycles. The molecule has 7 heteroatoms. The van der Waals surface area contributed by atoms with Gasteiger partial charge in [-0.05, 0) is 0 Å². The fourth-order valence-electron chi connectivity index (χ4n) is 0.439. The lowest BCUT2D eigenvalue weighted by molar-refractivity contribution is 0.0940. The van der Waals surface area contributed by atoms with Crippen LogP contribution in [0.3, 0.4) is 0 Å². The quantitative estimate of drug-likeness (QED) is 0.376. The molecular weight excluding hydrogens is 199 g/mol. The molecule has 0 aliphatic heterocycles. The molecule has 0 heterocycles.